The van der Waals surface area contributed by atoms with E-state index >= 15 is 0 Å². The lowest BCUT2D eigenvalue weighted by atomic mass is 9.92. The number of aryl methyl sites for hydroxylation is 1. The molecule has 6 heteroatoms. The summed E-state index contributed by atoms with van der Waals surface area (Å²) >= 11 is 0. The SMILES string of the molecule is COc1ccccc1/C=C1\COc2cc(OCCCCCCNc3c4c(nc5ccccc35)CCCC4)ccc2C1=O. The van der Waals surface area contributed by atoms with Crippen LogP contribution in [0.15, 0.2) is 72.3 Å². The van der Waals surface area contributed by atoms with E-state index in [4.69, 9.17) is 19.2 Å². The number of Topliss-reactive ketones (excluding diaryl/α,β-unsaturated/α-hetero) is 1. The number of para-hydroxylation sites is 2. The molecule has 0 fully saturated rings. The average molecular weight is 563 g/mol. The van der Waals surface area contributed by atoms with Gasteiger partial charge in [0.2, 0.25) is 0 Å². The van der Waals surface area contributed by atoms with Crippen molar-refractivity contribution in [2.75, 3.05) is 32.2 Å². The van der Waals surface area contributed by atoms with Crippen LogP contribution in [-0.2, 0) is 12.8 Å². The number of ketones is 1. The highest BCUT2D eigenvalue weighted by Gasteiger charge is 2.24. The smallest absolute Gasteiger partial charge is 0.196 e. The largest absolute Gasteiger partial charge is 0.496 e. The predicted molar refractivity (Wildman–Crippen MR) is 168 cm³/mol. The van der Waals surface area contributed by atoms with E-state index in [0.29, 0.717) is 23.5 Å². The number of methoxy groups -OCH3 is 1. The quantitative estimate of drug-likeness (QED) is 0.148. The first-order valence-electron chi connectivity index (χ1n) is 15.1. The number of hydrogen-bond acceptors (Lipinski definition) is 6. The molecule has 0 atom stereocenters. The zero-order valence-electron chi connectivity index (χ0n) is 24.3. The number of nitrogens with zero attached hydrogens (tertiary/aromatic N) is 1. The number of carbonyl (C=O) groups excluding carboxylic acids is 1. The molecule has 0 unspecified atom stereocenters. The Hall–Kier alpha value is -4.32. The number of benzene rings is 3. The third-order valence-electron chi connectivity index (χ3n) is 8.15. The molecule has 0 amide bonds. The second-order valence-electron chi connectivity index (χ2n) is 11.0. The predicted octanol–water partition coefficient (Wildman–Crippen LogP) is 7.83. The van der Waals surface area contributed by atoms with E-state index in [0.717, 1.165) is 67.6 Å². The Morgan fingerprint density at radius 3 is 2.71 bits per heavy atom. The van der Waals surface area contributed by atoms with Gasteiger partial charge in [-0.05, 0) is 74.4 Å². The van der Waals surface area contributed by atoms with Crippen molar-refractivity contribution >= 4 is 28.4 Å². The molecule has 6 nitrogen and oxygen atoms in total. The number of anilines is 1. The minimum Gasteiger partial charge on any atom is -0.496 e. The summed E-state index contributed by atoms with van der Waals surface area (Å²) in [5.41, 5.74) is 7.12. The van der Waals surface area contributed by atoms with E-state index in [9.17, 15) is 4.79 Å². The van der Waals surface area contributed by atoms with Crippen molar-refractivity contribution in [2.24, 2.45) is 0 Å². The Bertz CT molecular complexity index is 1610. The molecular formula is C36H38N2O4. The van der Waals surface area contributed by atoms with Crippen LogP contribution in [0.4, 0.5) is 5.69 Å². The zero-order chi connectivity index (χ0) is 28.7. The maximum atomic E-state index is 13.1. The Morgan fingerprint density at radius 2 is 1.79 bits per heavy atom. The van der Waals surface area contributed by atoms with E-state index in [1.807, 2.05) is 42.5 Å². The number of nitrogens with one attached hydrogen (secondary N) is 1. The fraction of sp³-hybridized carbons (Fsp3) is 0.333. The van der Waals surface area contributed by atoms with Gasteiger partial charge >= 0.3 is 0 Å². The summed E-state index contributed by atoms with van der Waals surface area (Å²) in [6, 6.07) is 21.6. The highest BCUT2D eigenvalue weighted by molar-refractivity contribution is 6.14. The van der Waals surface area contributed by atoms with Gasteiger partial charge in [-0.3, -0.25) is 9.78 Å². The Kier molecular flexibility index (Phi) is 8.69. The number of hydrogen-bond donors (Lipinski definition) is 1. The van der Waals surface area contributed by atoms with Crippen molar-refractivity contribution < 1.29 is 19.0 Å². The molecule has 216 valence electrons. The minimum atomic E-state index is -0.0254. The van der Waals surface area contributed by atoms with E-state index in [1.165, 1.54) is 35.2 Å². The highest BCUT2D eigenvalue weighted by Crippen LogP contribution is 2.34. The summed E-state index contributed by atoms with van der Waals surface area (Å²) in [5.74, 6) is 2.01. The Balaban J connectivity index is 0.960. The van der Waals surface area contributed by atoms with Gasteiger partial charge in [0.1, 0.15) is 23.9 Å². The lowest BCUT2D eigenvalue weighted by Crippen LogP contribution is -2.19. The summed E-state index contributed by atoms with van der Waals surface area (Å²) in [7, 11) is 1.63. The molecule has 1 aliphatic carbocycles. The standard InChI is InChI=1S/C36H38N2O4/c1-40-33-17-9-4-12-25(33)22-26-24-42-34-23-27(18-19-30(34)36(26)39)41-21-11-3-2-10-20-37-35-28-13-5-7-15-31(28)38-32-16-8-6-14-29(32)35/h4-5,7,9,12-13,15,17-19,22-23H,2-3,6,8,10-11,14,16,20-21,24H2,1H3,(H,37,38)/b26-22+. The van der Waals surface area contributed by atoms with Crippen LogP contribution < -0.4 is 19.5 Å². The first kappa shape index (κ1) is 27.8. The topological polar surface area (TPSA) is 69.7 Å². The molecule has 2 aliphatic rings. The van der Waals surface area contributed by atoms with Crippen LogP contribution >= 0.6 is 0 Å². The van der Waals surface area contributed by atoms with Gasteiger partial charge in [0.25, 0.3) is 0 Å². The summed E-state index contributed by atoms with van der Waals surface area (Å²) in [6.07, 6.45) is 10.9. The molecule has 42 heavy (non-hydrogen) atoms. The van der Waals surface area contributed by atoms with Gasteiger partial charge in [-0.15, -0.1) is 0 Å². The lowest BCUT2D eigenvalue weighted by molar-refractivity contribution is 0.100. The van der Waals surface area contributed by atoms with Crippen LogP contribution in [0.3, 0.4) is 0 Å². The van der Waals surface area contributed by atoms with Crippen molar-refractivity contribution in [2.45, 2.75) is 51.4 Å². The van der Waals surface area contributed by atoms with Crippen LogP contribution in [0, 0.1) is 0 Å². The van der Waals surface area contributed by atoms with Crippen molar-refractivity contribution in [1.29, 1.82) is 0 Å². The van der Waals surface area contributed by atoms with Crippen LogP contribution in [-0.4, -0.2) is 37.6 Å². The van der Waals surface area contributed by atoms with Crippen molar-refractivity contribution in [3.63, 3.8) is 0 Å². The maximum absolute atomic E-state index is 13.1. The molecule has 4 aromatic rings. The monoisotopic (exact) mass is 562 g/mol. The van der Waals surface area contributed by atoms with Gasteiger partial charge in [0.15, 0.2) is 5.78 Å². The molecule has 0 spiro atoms. The van der Waals surface area contributed by atoms with Crippen LogP contribution in [0.25, 0.3) is 17.0 Å². The number of unbranched alkanes of at least 4 members (excludes halogenated alkanes) is 3. The summed E-state index contributed by atoms with van der Waals surface area (Å²) < 4.78 is 17.4. The first-order valence-corrected chi connectivity index (χ1v) is 15.1. The molecule has 2 heterocycles. The second-order valence-corrected chi connectivity index (χ2v) is 11.0. The Morgan fingerprint density at radius 1 is 0.952 bits per heavy atom. The third kappa shape index (κ3) is 6.13. The molecule has 1 aliphatic heterocycles. The molecule has 0 radical (unpaired) electrons. The van der Waals surface area contributed by atoms with Crippen LogP contribution in [0.1, 0.15) is 65.7 Å². The van der Waals surface area contributed by atoms with E-state index in [1.54, 1.807) is 13.2 Å². The number of pyridine rings is 1. The molecule has 3 aromatic carbocycles. The number of ether oxygens (including phenoxy) is 3. The van der Waals surface area contributed by atoms with Gasteiger partial charge in [-0.25, -0.2) is 0 Å². The first-order chi connectivity index (χ1) is 20.7. The minimum absolute atomic E-state index is 0.0254. The molecule has 0 saturated heterocycles. The van der Waals surface area contributed by atoms with Crippen molar-refractivity contribution in [1.82, 2.24) is 4.98 Å². The van der Waals surface area contributed by atoms with E-state index in [2.05, 4.69) is 29.6 Å². The molecule has 1 N–H and O–H groups in total. The van der Waals surface area contributed by atoms with Crippen LogP contribution in [0.2, 0.25) is 0 Å². The fourth-order valence-corrected chi connectivity index (χ4v) is 5.93. The molecule has 0 saturated carbocycles. The van der Waals surface area contributed by atoms with Gasteiger partial charge in [-0.2, -0.15) is 0 Å². The fourth-order valence-electron chi connectivity index (χ4n) is 5.93. The van der Waals surface area contributed by atoms with Gasteiger partial charge in [0, 0.05) is 40.5 Å². The second kappa shape index (κ2) is 13.1. The molecule has 6 rings (SSSR count). The highest BCUT2D eigenvalue weighted by atomic mass is 16.5. The number of rotatable bonds is 11. The third-order valence-corrected chi connectivity index (χ3v) is 8.15. The van der Waals surface area contributed by atoms with Gasteiger partial charge in [0.05, 0.1) is 24.8 Å². The average Bonchev–Trinajstić information content (AvgIpc) is 3.03. The van der Waals surface area contributed by atoms with Crippen molar-refractivity contribution in [3.05, 3.63) is 94.7 Å². The lowest BCUT2D eigenvalue weighted by Gasteiger charge is -2.21. The number of carbonyl (C=O) groups is 1. The molecule has 1 aromatic heterocycles. The Labute approximate surface area is 247 Å². The van der Waals surface area contributed by atoms with Gasteiger partial charge in [-0.1, -0.05) is 49.2 Å². The van der Waals surface area contributed by atoms with Gasteiger partial charge < -0.3 is 19.5 Å². The van der Waals surface area contributed by atoms with Crippen LogP contribution in [0.5, 0.6) is 17.2 Å². The summed E-state index contributed by atoms with van der Waals surface area (Å²) in [5, 5.41) is 5.01. The normalized spacial score (nSPS) is 15.2. The zero-order valence-corrected chi connectivity index (χ0v) is 24.3. The van der Waals surface area contributed by atoms with Crippen molar-refractivity contribution in [3.8, 4) is 17.2 Å². The molecule has 0 bridgehead atoms. The summed E-state index contributed by atoms with van der Waals surface area (Å²) in [6.45, 7) is 1.83. The maximum Gasteiger partial charge on any atom is 0.196 e. The number of fused-ring (bicyclic) bond motifs is 3. The number of aromatic nitrogens is 1. The van der Waals surface area contributed by atoms with E-state index in [-0.39, 0.29) is 12.4 Å². The van der Waals surface area contributed by atoms with E-state index < -0.39 is 0 Å². The molecular weight excluding hydrogens is 524 g/mol. The summed E-state index contributed by atoms with van der Waals surface area (Å²) in [4.78, 5) is 18.1.